The summed E-state index contributed by atoms with van der Waals surface area (Å²) in [7, 11) is 0. The Bertz CT molecular complexity index is 370. The maximum atomic E-state index is 5.94. The molecule has 17 heavy (non-hydrogen) atoms. The molecule has 94 valence electrons. The molecule has 0 aliphatic heterocycles. The maximum absolute atomic E-state index is 5.94. The summed E-state index contributed by atoms with van der Waals surface area (Å²) in [5, 5.41) is 3.54. The van der Waals surface area contributed by atoms with E-state index in [1.807, 2.05) is 0 Å². The Kier molecular flexibility index (Phi) is 3.82. The minimum Gasteiger partial charge on any atom is -0.383 e. The van der Waals surface area contributed by atoms with Gasteiger partial charge in [-0.1, -0.05) is 33.1 Å². The van der Waals surface area contributed by atoms with E-state index in [9.17, 15) is 0 Å². The summed E-state index contributed by atoms with van der Waals surface area (Å²) in [5.74, 6) is 1.88. The number of rotatable bonds is 3. The molecule has 0 unspecified atom stereocenters. The predicted octanol–water partition coefficient (Wildman–Crippen LogP) is 2.93. The van der Waals surface area contributed by atoms with Crippen LogP contribution in [0.2, 0.25) is 0 Å². The molecule has 0 radical (unpaired) electrons. The Morgan fingerprint density at radius 3 is 2.59 bits per heavy atom. The summed E-state index contributed by atoms with van der Waals surface area (Å²) >= 11 is 0. The Hall–Kier alpha value is -1.32. The lowest BCUT2D eigenvalue weighted by Gasteiger charge is -2.25. The standard InChI is InChI=1S/C13H22N4/c1-9(2)11-12(14)15-8-16-13(11)17-10-6-4-3-5-7-10/h8-10H,3-7H2,1-2H3,(H3,14,15,16,17). The van der Waals surface area contributed by atoms with E-state index in [2.05, 4.69) is 29.1 Å². The average molecular weight is 234 g/mol. The number of nitrogen functional groups attached to an aromatic ring is 1. The quantitative estimate of drug-likeness (QED) is 0.844. The normalized spacial score (nSPS) is 17.4. The number of anilines is 2. The first-order valence-corrected chi connectivity index (χ1v) is 6.55. The second-order valence-corrected chi connectivity index (χ2v) is 5.16. The van der Waals surface area contributed by atoms with Crippen molar-refractivity contribution in [3.63, 3.8) is 0 Å². The van der Waals surface area contributed by atoms with E-state index in [-0.39, 0.29) is 0 Å². The van der Waals surface area contributed by atoms with Gasteiger partial charge in [0.25, 0.3) is 0 Å². The highest BCUT2D eigenvalue weighted by molar-refractivity contribution is 5.57. The molecule has 0 amide bonds. The highest BCUT2D eigenvalue weighted by Crippen LogP contribution is 2.29. The van der Waals surface area contributed by atoms with Gasteiger partial charge in [-0.05, 0) is 18.8 Å². The van der Waals surface area contributed by atoms with Crippen LogP contribution in [0.15, 0.2) is 6.33 Å². The summed E-state index contributed by atoms with van der Waals surface area (Å²) < 4.78 is 0. The highest BCUT2D eigenvalue weighted by Gasteiger charge is 2.18. The zero-order valence-electron chi connectivity index (χ0n) is 10.7. The van der Waals surface area contributed by atoms with Crippen molar-refractivity contribution in [2.45, 2.75) is 57.9 Å². The van der Waals surface area contributed by atoms with E-state index in [4.69, 9.17) is 5.73 Å². The van der Waals surface area contributed by atoms with E-state index in [0.29, 0.717) is 17.8 Å². The summed E-state index contributed by atoms with van der Waals surface area (Å²) in [6.07, 6.45) is 8.01. The lowest BCUT2D eigenvalue weighted by molar-refractivity contribution is 0.461. The second kappa shape index (κ2) is 5.34. The van der Waals surface area contributed by atoms with Crippen LogP contribution in [-0.4, -0.2) is 16.0 Å². The highest BCUT2D eigenvalue weighted by atomic mass is 15.1. The third-order valence-corrected chi connectivity index (χ3v) is 3.44. The number of nitrogens with zero attached hydrogens (tertiary/aromatic N) is 2. The number of aromatic nitrogens is 2. The van der Waals surface area contributed by atoms with Crippen molar-refractivity contribution in [3.05, 3.63) is 11.9 Å². The van der Waals surface area contributed by atoms with Crippen LogP contribution in [-0.2, 0) is 0 Å². The van der Waals surface area contributed by atoms with Crippen LogP contribution in [0.5, 0.6) is 0 Å². The van der Waals surface area contributed by atoms with Crippen LogP contribution in [0.1, 0.15) is 57.4 Å². The van der Waals surface area contributed by atoms with Gasteiger partial charge in [-0.15, -0.1) is 0 Å². The van der Waals surface area contributed by atoms with E-state index >= 15 is 0 Å². The van der Waals surface area contributed by atoms with Crippen molar-refractivity contribution >= 4 is 11.6 Å². The van der Waals surface area contributed by atoms with E-state index in [1.54, 1.807) is 6.33 Å². The first-order valence-electron chi connectivity index (χ1n) is 6.55. The van der Waals surface area contributed by atoms with Gasteiger partial charge in [-0.2, -0.15) is 0 Å². The number of nitrogens with one attached hydrogen (secondary N) is 1. The van der Waals surface area contributed by atoms with Gasteiger partial charge in [0.1, 0.15) is 18.0 Å². The van der Waals surface area contributed by atoms with E-state index in [1.165, 1.54) is 32.1 Å². The lowest BCUT2D eigenvalue weighted by atomic mass is 9.95. The molecule has 0 atom stereocenters. The molecular weight excluding hydrogens is 212 g/mol. The van der Waals surface area contributed by atoms with Crippen LogP contribution in [0.4, 0.5) is 11.6 Å². The molecule has 1 fully saturated rings. The van der Waals surface area contributed by atoms with Crippen molar-refractivity contribution in [3.8, 4) is 0 Å². The Balaban J connectivity index is 2.16. The van der Waals surface area contributed by atoms with Gasteiger partial charge in [0.15, 0.2) is 0 Å². The average Bonchev–Trinajstić information content (AvgIpc) is 2.30. The zero-order valence-corrected chi connectivity index (χ0v) is 10.7. The summed E-state index contributed by atoms with van der Waals surface area (Å²) in [6, 6.07) is 0.551. The first kappa shape index (κ1) is 12.1. The van der Waals surface area contributed by atoms with Crippen molar-refractivity contribution in [1.82, 2.24) is 9.97 Å². The summed E-state index contributed by atoms with van der Waals surface area (Å²) in [5.41, 5.74) is 6.99. The molecule has 1 aliphatic carbocycles. The molecule has 4 heteroatoms. The van der Waals surface area contributed by atoms with Gasteiger partial charge >= 0.3 is 0 Å². The molecular formula is C13H22N4. The molecule has 0 bridgehead atoms. The van der Waals surface area contributed by atoms with Gasteiger partial charge in [0.2, 0.25) is 0 Å². The smallest absolute Gasteiger partial charge is 0.135 e. The molecule has 0 spiro atoms. The van der Waals surface area contributed by atoms with Gasteiger partial charge in [0, 0.05) is 11.6 Å². The van der Waals surface area contributed by atoms with Gasteiger partial charge < -0.3 is 11.1 Å². The Labute approximate surface area is 103 Å². The van der Waals surface area contributed by atoms with Crippen molar-refractivity contribution in [2.24, 2.45) is 0 Å². The Morgan fingerprint density at radius 2 is 1.94 bits per heavy atom. The molecule has 1 aromatic rings. The second-order valence-electron chi connectivity index (χ2n) is 5.16. The number of nitrogens with two attached hydrogens (primary N) is 1. The predicted molar refractivity (Wildman–Crippen MR) is 71.0 cm³/mol. The summed E-state index contributed by atoms with van der Waals surface area (Å²) in [4.78, 5) is 8.43. The molecule has 1 saturated carbocycles. The maximum Gasteiger partial charge on any atom is 0.135 e. The largest absolute Gasteiger partial charge is 0.383 e. The van der Waals surface area contributed by atoms with Gasteiger partial charge in [-0.3, -0.25) is 0 Å². The molecule has 0 aromatic carbocycles. The van der Waals surface area contributed by atoms with Gasteiger partial charge in [0.05, 0.1) is 0 Å². The zero-order chi connectivity index (χ0) is 12.3. The fourth-order valence-corrected chi connectivity index (χ4v) is 2.53. The number of hydrogen-bond acceptors (Lipinski definition) is 4. The third-order valence-electron chi connectivity index (χ3n) is 3.44. The third kappa shape index (κ3) is 2.87. The molecule has 1 aliphatic rings. The minimum absolute atomic E-state index is 0.349. The Morgan fingerprint density at radius 1 is 1.24 bits per heavy atom. The van der Waals surface area contributed by atoms with Crippen LogP contribution in [0, 0.1) is 0 Å². The fourth-order valence-electron chi connectivity index (χ4n) is 2.53. The molecule has 1 heterocycles. The van der Waals surface area contributed by atoms with Crippen LogP contribution in [0.25, 0.3) is 0 Å². The number of hydrogen-bond donors (Lipinski definition) is 2. The molecule has 2 rings (SSSR count). The van der Waals surface area contributed by atoms with E-state index in [0.717, 1.165) is 11.4 Å². The van der Waals surface area contributed by atoms with Crippen LogP contribution < -0.4 is 11.1 Å². The lowest BCUT2D eigenvalue weighted by Crippen LogP contribution is -2.24. The van der Waals surface area contributed by atoms with Crippen LogP contribution in [0.3, 0.4) is 0 Å². The SMILES string of the molecule is CC(C)c1c(N)ncnc1NC1CCCCC1. The van der Waals surface area contributed by atoms with E-state index < -0.39 is 0 Å². The monoisotopic (exact) mass is 234 g/mol. The molecule has 3 N–H and O–H groups in total. The minimum atomic E-state index is 0.349. The molecule has 1 aromatic heterocycles. The fraction of sp³-hybridized carbons (Fsp3) is 0.692. The van der Waals surface area contributed by atoms with Crippen molar-refractivity contribution < 1.29 is 0 Å². The van der Waals surface area contributed by atoms with Crippen LogP contribution >= 0.6 is 0 Å². The molecule has 4 nitrogen and oxygen atoms in total. The topological polar surface area (TPSA) is 63.8 Å². The van der Waals surface area contributed by atoms with Crippen molar-refractivity contribution in [1.29, 1.82) is 0 Å². The van der Waals surface area contributed by atoms with Crippen molar-refractivity contribution in [2.75, 3.05) is 11.1 Å². The first-order chi connectivity index (χ1) is 8.18. The molecule has 0 saturated heterocycles. The van der Waals surface area contributed by atoms with Gasteiger partial charge in [-0.25, -0.2) is 9.97 Å². The summed E-state index contributed by atoms with van der Waals surface area (Å²) in [6.45, 7) is 4.25.